The fourth-order valence-electron chi connectivity index (χ4n) is 4.63. The first-order valence-corrected chi connectivity index (χ1v) is 11.3. The van der Waals surface area contributed by atoms with Gasteiger partial charge in [0.05, 0.1) is 6.04 Å². The van der Waals surface area contributed by atoms with Crippen molar-refractivity contribution in [3.8, 4) is 0 Å². The summed E-state index contributed by atoms with van der Waals surface area (Å²) in [5, 5.41) is 3.34. The van der Waals surface area contributed by atoms with E-state index in [-0.39, 0.29) is 23.8 Å². The molecule has 1 saturated heterocycles. The minimum absolute atomic E-state index is 0.00319. The van der Waals surface area contributed by atoms with Crippen LogP contribution in [0.25, 0.3) is 0 Å². The summed E-state index contributed by atoms with van der Waals surface area (Å²) in [7, 11) is 0. The van der Waals surface area contributed by atoms with Crippen molar-refractivity contribution in [1.82, 2.24) is 10.2 Å². The summed E-state index contributed by atoms with van der Waals surface area (Å²) in [6, 6.07) is 20.6. The molecule has 1 heterocycles. The lowest BCUT2D eigenvalue weighted by molar-refractivity contribution is -0.135. The van der Waals surface area contributed by atoms with E-state index in [1.54, 1.807) is 0 Å². The highest BCUT2D eigenvalue weighted by atomic mass is 16.2. The van der Waals surface area contributed by atoms with Gasteiger partial charge in [-0.2, -0.15) is 0 Å². The number of hydrogen-bond donors (Lipinski definition) is 1. The van der Waals surface area contributed by atoms with E-state index in [2.05, 4.69) is 36.5 Å². The van der Waals surface area contributed by atoms with Gasteiger partial charge in [-0.3, -0.25) is 9.59 Å². The Hall–Kier alpha value is -2.62. The second kappa shape index (κ2) is 9.46. The average molecular weight is 405 g/mol. The van der Waals surface area contributed by atoms with Gasteiger partial charge < -0.3 is 10.2 Å². The maximum atomic E-state index is 13.0. The summed E-state index contributed by atoms with van der Waals surface area (Å²) >= 11 is 0. The number of nitrogens with one attached hydrogen (secondary N) is 1. The van der Waals surface area contributed by atoms with Crippen LogP contribution < -0.4 is 5.32 Å². The second-order valence-electron chi connectivity index (χ2n) is 8.91. The van der Waals surface area contributed by atoms with Gasteiger partial charge in [0.2, 0.25) is 11.8 Å². The maximum Gasteiger partial charge on any atom is 0.223 e. The Bertz CT molecular complexity index is 844. The molecule has 1 saturated carbocycles. The van der Waals surface area contributed by atoms with Crippen molar-refractivity contribution in [1.29, 1.82) is 0 Å². The van der Waals surface area contributed by atoms with Gasteiger partial charge in [0.1, 0.15) is 0 Å². The Kier molecular flexibility index (Phi) is 6.51. The van der Waals surface area contributed by atoms with E-state index in [0.29, 0.717) is 31.3 Å². The highest BCUT2D eigenvalue weighted by Gasteiger charge is 2.41. The molecular formula is C26H32N2O2. The van der Waals surface area contributed by atoms with Crippen molar-refractivity contribution in [3.05, 3.63) is 71.8 Å². The highest BCUT2D eigenvalue weighted by molar-refractivity contribution is 5.80. The Balaban J connectivity index is 1.27. The minimum Gasteiger partial charge on any atom is -0.349 e. The normalized spacial score (nSPS) is 22.4. The van der Waals surface area contributed by atoms with Gasteiger partial charge in [0.25, 0.3) is 0 Å². The molecule has 158 valence electrons. The monoisotopic (exact) mass is 404 g/mol. The number of benzene rings is 2. The van der Waals surface area contributed by atoms with E-state index in [0.717, 1.165) is 19.3 Å². The zero-order valence-electron chi connectivity index (χ0n) is 17.8. The summed E-state index contributed by atoms with van der Waals surface area (Å²) in [5.41, 5.74) is 2.40. The molecule has 3 atom stereocenters. The van der Waals surface area contributed by atoms with Gasteiger partial charge in [-0.1, -0.05) is 67.6 Å². The van der Waals surface area contributed by atoms with Crippen LogP contribution in [0.5, 0.6) is 0 Å². The van der Waals surface area contributed by atoms with Crippen LogP contribution in [0.15, 0.2) is 60.7 Å². The first-order valence-electron chi connectivity index (χ1n) is 11.3. The molecule has 0 aromatic heterocycles. The molecular weight excluding hydrogens is 372 g/mol. The molecule has 2 aromatic rings. The van der Waals surface area contributed by atoms with Crippen LogP contribution in [0.4, 0.5) is 0 Å². The first kappa shape index (κ1) is 20.6. The van der Waals surface area contributed by atoms with E-state index in [4.69, 9.17) is 0 Å². The van der Waals surface area contributed by atoms with E-state index < -0.39 is 0 Å². The van der Waals surface area contributed by atoms with E-state index >= 15 is 0 Å². The van der Waals surface area contributed by atoms with Crippen molar-refractivity contribution >= 4 is 11.8 Å². The fraction of sp³-hybridized carbons (Fsp3) is 0.462. The molecule has 0 bridgehead atoms. The number of piperidine rings is 1. The van der Waals surface area contributed by atoms with E-state index in [9.17, 15) is 9.59 Å². The molecule has 1 aliphatic heterocycles. The van der Waals surface area contributed by atoms with Crippen molar-refractivity contribution in [2.24, 2.45) is 17.8 Å². The number of aryl methyl sites for hydroxylation is 1. The zero-order chi connectivity index (χ0) is 20.9. The molecule has 1 N–H and O–H groups in total. The van der Waals surface area contributed by atoms with E-state index in [1.165, 1.54) is 17.5 Å². The number of amides is 2. The number of rotatable bonds is 7. The highest BCUT2D eigenvalue weighted by Crippen LogP contribution is 2.47. The molecule has 3 unspecified atom stereocenters. The topological polar surface area (TPSA) is 49.4 Å². The molecule has 0 spiro atoms. The Morgan fingerprint density at radius 2 is 1.60 bits per heavy atom. The molecule has 0 radical (unpaired) electrons. The van der Waals surface area contributed by atoms with Crippen LogP contribution in [0.2, 0.25) is 0 Å². The summed E-state index contributed by atoms with van der Waals surface area (Å²) in [6.45, 7) is 3.62. The molecule has 4 nitrogen and oxygen atoms in total. The number of carbonyl (C=O) groups excluding carboxylic acids is 2. The summed E-state index contributed by atoms with van der Waals surface area (Å²) < 4.78 is 0. The lowest BCUT2D eigenvalue weighted by Gasteiger charge is -2.32. The van der Waals surface area contributed by atoms with Crippen LogP contribution in [0.1, 0.15) is 49.8 Å². The molecule has 4 heteroatoms. The smallest absolute Gasteiger partial charge is 0.223 e. The average Bonchev–Trinajstić information content (AvgIpc) is 3.53. The molecule has 1 aliphatic carbocycles. The Morgan fingerprint density at radius 1 is 1.00 bits per heavy atom. The zero-order valence-corrected chi connectivity index (χ0v) is 17.8. The van der Waals surface area contributed by atoms with Crippen LogP contribution in [0, 0.1) is 17.8 Å². The van der Waals surface area contributed by atoms with Gasteiger partial charge in [-0.15, -0.1) is 0 Å². The van der Waals surface area contributed by atoms with Crippen LogP contribution >= 0.6 is 0 Å². The molecule has 2 aromatic carbocycles. The largest absolute Gasteiger partial charge is 0.349 e. The lowest BCUT2D eigenvalue weighted by atomic mass is 9.93. The number of hydrogen-bond acceptors (Lipinski definition) is 2. The molecule has 30 heavy (non-hydrogen) atoms. The standard InChI is InChI=1S/C26H32N2O2/c1-19-18-23(19)25(21-10-6-3-7-11-21)27-26(30)22-14-16-28(17-15-22)24(29)13-12-20-8-4-2-5-9-20/h2-11,19,22-23,25H,12-18H2,1H3,(H,27,30). The van der Waals surface area contributed by atoms with Crippen LogP contribution in [-0.2, 0) is 16.0 Å². The molecule has 4 rings (SSSR count). The lowest BCUT2D eigenvalue weighted by Crippen LogP contribution is -2.44. The van der Waals surface area contributed by atoms with Gasteiger partial charge >= 0.3 is 0 Å². The van der Waals surface area contributed by atoms with Crippen molar-refractivity contribution in [2.45, 2.75) is 45.1 Å². The number of nitrogens with zero attached hydrogens (tertiary/aromatic N) is 1. The SMILES string of the molecule is CC1CC1C(NC(=O)C1CCN(C(=O)CCc2ccccc2)CC1)c1ccccc1. The van der Waals surface area contributed by atoms with Crippen LogP contribution in [-0.4, -0.2) is 29.8 Å². The summed E-state index contributed by atoms with van der Waals surface area (Å²) in [5.74, 6) is 1.56. The second-order valence-corrected chi connectivity index (χ2v) is 8.91. The maximum absolute atomic E-state index is 13.0. The number of likely N-dealkylation sites (tertiary alicyclic amines) is 1. The summed E-state index contributed by atoms with van der Waals surface area (Å²) in [6.07, 6.45) is 4.00. The third-order valence-electron chi connectivity index (χ3n) is 6.75. The van der Waals surface area contributed by atoms with Crippen LogP contribution in [0.3, 0.4) is 0 Å². The summed E-state index contributed by atoms with van der Waals surface area (Å²) in [4.78, 5) is 27.5. The fourth-order valence-corrected chi connectivity index (χ4v) is 4.63. The van der Waals surface area contributed by atoms with Gasteiger partial charge in [0, 0.05) is 25.4 Å². The Labute approximate surface area is 179 Å². The predicted molar refractivity (Wildman–Crippen MR) is 119 cm³/mol. The van der Waals surface area contributed by atoms with Gasteiger partial charge in [-0.05, 0) is 48.6 Å². The van der Waals surface area contributed by atoms with Crippen molar-refractivity contribution < 1.29 is 9.59 Å². The predicted octanol–water partition coefficient (Wildman–Crippen LogP) is 4.37. The number of carbonyl (C=O) groups is 2. The third-order valence-corrected chi connectivity index (χ3v) is 6.75. The van der Waals surface area contributed by atoms with Crippen molar-refractivity contribution in [2.75, 3.05) is 13.1 Å². The quantitative estimate of drug-likeness (QED) is 0.745. The van der Waals surface area contributed by atoms with Gasteiger partial charge in [0.15, 0.2) is 0 Å². The van der Waals surface area contributed by atoms with Gasteiger partial charge in [-0.25, -0.2) is 0 Å². The Morgan fingerprint density at radius 3 is 2.20 bits per heavy atom. The molecule has 2 aliphatic rings. The molecule has 2 amide bonds. The van der Waals surface area contributed by atoms with E-state index in [1.807, 2.05) is 41.3 Å². The minimum atomic E-state index is 0.00319. The molecule has 2 fully saturated rings. The first-order chi connectivity index (χ1) is 14.6. The third kappa shape index (κ3) is 5.10. The van der Waals surface area contributed by atoms with Crippen molar-refractivity contribution in [3.63, 3.8) is 0 Å².